The van der Waals surface area contributed by atoms with Gasteiger partial charge in [-0.15, -0.1) is 0 Å². The first-order chi connectivity index (χ1) is 10.7. The minimum atomic E-state index is -0.272. The molecule has 0 aliphatic heterocycles. The third-order valence-electron chi connectivity index (χ3n) is 3.46. The van der Waals surface area contributed by atoms with E-state index in [0.717, 1.165) is 24.8 Å². The van der Waals surface area contributed by atoms with Crippen LogP contribution in [0, 0.1) is 0 Å². The van der Waals surface area contributed by atoms with Gasteiger partial charge in [0.25, 0.3) is 0 Å². The summed E-state index contributed by atoms with van der Waals surface area (Å²) in [4.78, 5) is 22.9. The first kappa shape index (κ1) is 16.0. The van der Waals surface area contributed by atoms with Crippen molar-refractivity contribution in [3.05, 3.63) is 71.3 Å². The van der Waals surface area contributed by atoms with Crippen LogP contribution in [0.5, 0.6) is 0 Å². The van der Waals surface area contributed by atoms with Gasteiger partial charge in [0.2, 0.25) is 0 Å². The smallest absolute Gasteiger partial charge is 0.338 e. The number of hydrogen-bond donors (Lipinski definition) is 0. The molecule has 0 atom stereocenters. The predicted molar refractivity (Wildman–Crippen MR) is 86.1 cm³/mol. The average molecular weight is 296 g/mol. The van der Waals surface area contributed by atoms with Crippen LogP contribution in [0.25, 0.3) is 0 Å². The fraction of sp³-hybridized carbons (Fsp3) is 0.263. The van der Waals surface area contributed by atoms with Crippen LogP contribution in [0.15, 0.2) is 54.6 Å². The summed E-state index contributed by atoms with van der Waals surface area (Å²) in [5.74, 6) is -0.189. The largest absolute Gasteiger partial charge is 0.462 e. The molecule has 0 aliphatic carbocycles. The topological polar surface area (TPSA) is 43.4 Å². The van der Waals surface area contributed by atoms with Crippen molar-refractivity contribution in [2.75, 3.05) is 6.61 Å². The van der Waals surface area contributed by atoms with Gasteiger partial charge in [0.15, 0.2) is 5.78 Å². The number of Topliss-reactive ketones (excluding diaryl/α,β-unsaturated/α-hetero) is 1. The fourth-order valence-electron chi connectivity index (χ4n) is 2.16. The SMILES string of the molecule is CC(=O)c1ccc(CCCCOC(=O)c2ccccc2)cc1. The zero-order chi connectivity index (χ0) is 15.8. The molecule has 0 bridgehead atoms. The monoisotopic (exact) mass is 296 g/mol. The van der Waals surface area contributed by atoms with E-state index >= 15 is 0 Å². The van der Waals surface area contributed by atoms with Gasteiger partial charge in [-0.1, -0.05) is 42.5 Å². The van der Waals surface area contributed by atoms with Crippen LogP contribution in [0.1, 0.15) is 46.0 Å². The molecule has 0 unspecified atom stereocenters. The van der Waals surface area contributed by atoms with Crippen LogP contribution in [0.4, 0.5) is 0 Å². The van der Waals surface area contributed by atoms with Gasteiger partial charge >= 0.3 is 5.97 Å². The molecule has 2 rings (SSSR count). The number of carbonyl (C=O) groups is 2. The van der Waals surface area contributed by atoms with Crippen molar-refractivity contribution in [2.45, 2.75) is 26.2 Å². The lowest BCUT2D eigenvalue weighted by Crippen LogP contribution is -2.06. The molecular formula is C19H20O3. The molecule has 0 N–H and O–H groups in total. The van der Waals surface area contributed by atoms with Crippen LogP contribution in [0.3, 0.4) is 0 Å². The quantitative estimate of drug-likeness (QED) is 0.439. The lowest BCUT2D eigenvalue weighted by atomic mass is 10.0. The lowest BCUT2D eigenvalue weighted by Gasteiger charge is -2.05. The van der Waals surface area contributed by atoms with Gasteiger partial charge in [0.1, 0.15) is 0 Å². The number of ether oxygens (including phenoxy) is 1. The molecule has 114 valence electrons. The van der Waals surface area contributed by atoms with Gasteiger partial charge < -0.3 is 4.74 Å². The zero-order valence-corrected chi connectivity index (χ0v) is 12.7. The molecule has 22 heavy (non-hydrogen) atoms. The Morgan fingerprint density at radius 2 is 1.55 bits per heavy atom. The summed E-state index contributed by atoms with van der Waals surface area (Å²) < 4.78 is 5.23. The zero-order valence-electron chi connectivity index (χ0n) is 12.7. The van der Waals surface area contributed by atoms with Gasteiger partial charge in [-0.3, -0.25) is 4.79 Å². The molecule has 0 radical (unpaired) electrons. The van der Waals surface area contributed by atoms with Gasteiger partial charge in [-0.05, 0) is 43.9 Å². The summed E-state index contributed by atoms with van der Waals surface area (Å²) in [6, 6.07) is 16.7. The first-order valence-electron chi connectivity index (χ1n) is 7.49. The van der Waals surface area contributed by atoms with Crippen molar-refractivity contribution >= 4 is 11.8 Å². The normalized spacial score (nSPS) is 10.2. The van der Waals surface area contributed by atoms with Crippen LogP contribution < -0.4 is 0 Å². The number of rotatable bonds is 7. The van der Waals surface area contributed by atoms with Crippen molar-refractivity contribution in [2.24, 2.45) is 0 Å². The summed E-state index contributed by atoms with van der Waals surface area (Å²) >= 11 is 0. The minimum Gasteiger partial charge on any atom is -0.462 e. The molecule has 0 amide bonds. The van der Waals surface area contributed by atoms with E-state index in [1.54, 1.807) is 19.1 Å². The Morgan fingerprint density at radius 1 is 0.864 bits per heavy atom. The van der Waals surface area contributed by atoms with Gasteiger partial charge in [0, 0.05) is 5.56 Å². The maximum Gasteiger partial charge on any atom is 0.338 e. The Hall–Kier alpha value is -2.42. The summed E-state index contributed by atoms with van der Waals surface area (Å²) in [5.41, 5.74) is 2.52. The summed E-state index contributed by atoms with van der Waals surface area (Å²) in [5, 5.41) is 0. The number of ketones is 1. The van der Waals surface area contributed by atoms with E-state index in [1.807, 2.05) is 42.5 Å². The summed E-state index contributed by atoms with van der Waals surface area (Å²) in [6.45, 7) is 2.00. The molecule has 3 heteroatoms. The maximum absolute atomic E-state index is 11.7. The van der Waals surface area contributed by atoms with Crippen LogP contribution in [-0.4, -0.2) is 18.4 Å². The molecule has 2 aromatic rings. The standard InChI is InChI=1S/C19H20O3/c1-15(20)17-12-10-16(11-13-17)7-5-6-14-22-19(21)18-8-3-2-4-9-18/h2-4,8-13H,5-7,14H2,1H3. The van der Waals surface area contributed by atoms with E-state index < -0.39 is 0 Å². The molecule has 2 aromatic carbocycles. The number of carbonyl (C=O) groups excluding carboxylic acids is 2. The molecule has 0 fully saturated rings. The molecule has 0 heterocycles. The average Bonchev–Trinajstić information content (AvgIpc) is 2.55. The Kier molecular flexibility index (Phi) is 5.90. The van der Waals surface area contributed by atoms with E-state index in [4.69, 9.17) is 4.74 Å². The second-order valence-corrected chi connectivity index (χ2v) is 5.21. The number of unbranched alkanes of at least 4 members (excludes halogenated alkanes) is 1. The Bertz CT molecular complexity index is 615. The second kappa shape index (κ2) is 8.13. The van der Waals surface area contributed by atoms with Crippen molar-refractivity contribution in [1.29, 1.82) is 0 Å². The number of benzene rings is 2. The molecule has 3 nitrogen and oxygen atoms in total. The molecular weight excluding hydrogens is 276 g/mol. The van der Waals surface area contributed by atoms with Crippen molar-refractivity contribution < 1.29 is 14.3 Å². The second-order valence-electron chi connectivity index (χ2n) is 5.21. The molecule has 0 aromatic heterocycles. The highest BCUT2D eigenvalue weighted by molar-refractivity contribution is 5.94. The summed E-state index contributed by atoms with van der Waals surface area (Å²) in [6.07, 6.45) is 2.69. The Balaban J connectivity index is 1.67. The van der Waals surface area contributed by atoms with E-state index in [-0.39, 0.29) is 11.8 Å². The predicted octanol–water partition coefficient (Wildman–Crippen LogP) is 4.07. The maximum atomic E-state index is 11.7. The van der Waals surface area contributed by atoms with E-state index in [9.17, 15) is 9.59 Å². The van der Waals surface area contributed by atoms with Gasteiger partial charge in [-0.2, -0.15) is 0 Å². The van der Waals surface area contributed by atoms with Gasteiger partial charge in [-0.25, -0.2) is 4.79 Å². The van der Waals surface area contributed by atoms with E-state index in [1.165, 1.54) is 5.56 Å². The molecule has 0 aliphatic rings. The fourth-order valence-corrected chi connectivity index (χ4v) is 2.16. The van der Waals surface area contributed by atoms with Crippen molar-refractivity contribution in [1.82, 2.24) is 0 Å². The van der Waals surface area contributed by atoms with Crippen molar-refractivity contribution in [3.8, 4) is 0 Å². The molecule has 0 saturated carbocycles. The number of esters is 1. The van der Waals surface area contributed by atoms with Crippen molar-refractivity contribution in [3.63, 3.8) is 0 Å². The number of aryl methyl sites for hydroxylation is 1. The molecule has 0 spiro atoms. The Labute approximate surface area is 130 Å². The third-order valence-corrected chi connectivity index (χ3v) is 3.46. The lowest BCUT2D eigenvalue weighted by molar-refractivity contribution is 0.0498. The van der Waals surface area contributed by atoms with Crippen LogP contribution in [-0.2, 0) is 11.2 Å². The van der Waals surface area contributed by atoms with Crippen LogP contribution >= 0.6 is 0 Å². The third kappa shape index (κ3) is 4.85. The van der Waals surface area contributed by atoms with E-state index in [0.29, 0.717) is 12.2 Å². The highest BCUT2D eigenvalue weighted by Crippen LogP contribution is 2.09. The Morgan fingerprint density at radius 3 is 2.18 bits per heavy atom. The summed E-state index contributed by atoms with van der Waals surface area (Å²) in [7, 11) is 0. The first-order valence-corrected chi connectivity index (χ1v) is 7.49. The van der Waals surface area contributed by atoms with Gasteiger partial charge in [0.05, 0.1) is 12.2 Å². The minimum absolute atomic E-state index is 0.0828. The highest BCUT2D eigenvalue weighted by Gasteiger charge is 2.05. The van der Waals surface area contributed by atoms with Crippen LogP contribution in [0.2, 0.25) is 0 Å². The van der Waals surface area contributed by atoms with E-state index in [2.05, 4.69) is 0 Å². The molecule has 0 saturated heterocycles. The highest BCUT2D eigenvalue weighted by atomic mass is 16.5. The number of hydrogen-bond acceptors (Lipinski definition) is 3.